The number of aromatic amines is 1. The molecule has 0 bridgehead atoms. The molecule has 0 unspecified atom stereocenters. The number of carbonyl (C=O) groups excluding carboxylic acids is 1. The summed E-state index contributed by atoms with van der Waals surface area (Å²) in [6.45, 7) is 1.92. The van der Waals surface area contributed by atoms with Crippen molar-refractivity contribution in [3.05, 3.63) is 36.3 Å². The van der Waals surface area contributed by atoms with Gasteiger partial charge in [0, 0.05) is 24.5 Å². The number of aromatic nitrogens is 4. The summed E-state index contributed by atoms with van der Waals surface area (Å²) in [5, 5.41) is 9.60. The van der Waals surface area contributed by atoms with Crippen LogP contribution in [0, 0.1) is 6.92 Å². The number of imidazole rings is 1. The van der Waals surface area contributed by atoms with E-state index in [1.54, 1.807) is 23.1 Å². The third kappa shape index (κ3) is 2.33. The minimum atomic E-state index is -0.332. The first-order valence-electron chi connectivity index (χ1n) is 6.13. The number of urea groups is 1. The third-order valence-electron chi connectivity index (χ3n) is 3.03. The van der Waals surface area contributed by atoms with Gasteiger partial charge in [-0.05, 0) is 25.1 Å². The Balaban J connectivity index is 1.71. The minimum Gasteiger partial charge on any atom is -0.345 e. The number of nitrogens with zero attached hydrogens (tertiary/aromatic N) is 3. The predicted octanol–water partition coefficient (Wildman–Crippen LogP) is 2.25. The van der Waals surface area contributed by atoms with Crippen LogP contribution in [-0.2, 0) is 7.05 Å². The van der Waals surface area contributed by atoms with E-state index in [0.717, 1.165) is 16.7 Å². The van der Waals surface area contributed by atoms with Gasteiger partial charge in [0.15, 0.2) is 5.82 Å². The van der Waals surface area contributed by atoms with Gasteiger partial charge in [-0.15, -0.1) is 0 Å². The van der Waals surface area contributed by atoms with E-state index in [1.165, 1.54) is 0 Å². The third-order valence-corrected chi connectivity index (χ3v) is 3.03. The van der Waals surface area contributed by atoms with Gasteiger partial charge in [-0.3, -0.25) is 10.00 Å². The molecule has 0 fully saturated rings. The molecular formula is C13H14N6O. The highest BCUT2D eigenvalue weighted by atomic mass is 16.2. The van der Waals surface area contributed by atoms with Crippen LogP contribution in [0.1, 0.15) is 5.69 Å². The number of hydrogen-bond acceptors (Lipinski definition) is 3. The van der Waals surface area contributed by atoms with Crippen LogP contribution in [0.3, 0.4) is 0 Å². The van der Waals surface area contributed by atoms with Crippen LogP contribution < -0.4 is 10.6 Å². The van der Waals surface area contributed by atoms with Crippen molar-refractivity contribution in [3.63, 3.8) is 0 Å². The van der Waals surface area contributed by atoms with Crippen molar-refractivity contribution in [3.8, 4) is 0 Å². The fourth-order valence-electron chi connectivity index (χ4n) is 1.91. The van der Waals surface area contributed by atoms with Crippen LogP contribution in [0.4, 0.5) is 16.3 Å². The van der Waals surface area contributed by atoms with Crippen LogP contribution in [0.5, 0.6) is 0 Å². The second-order valence-electron chi connectivity index (χ2n) is 4.51. The Kier molecular flexibility index (Phi) is 2.86. The van der Waals surface area contributed by atoms with Crippen molar-refractivity contribution in [2.75, 3.05) is 10.6 Å². The summed E-state index contributed by atoms with van der Waals surface area (Å²) >= 11 is 0. The first-order valence-corrected chi connectivity index (χ1v) is 6.13. The molecule has 2 amide bonds. The number of nitrogens with one attached hydrogen (secondary N) is 3. The van der Waals surface area contributed by atoms with E-state index < -0.39 is 0 Å². The summed E-state index contributed by atoms with van der Waals surface area (Å²) < 4.78 is 1.70. The molecule has 0 radical (unpaired) electrons. The van der Waals surface area contributed by atoms with Gasteiger partial charge >= 0.3 is 6.03 Å². The fourth-order valence-corrected chi connectivity index (χ4v) is 1.91. The lowest BCUT2D eigenvalue weighted by Gasteiger charge is -2.05. The second kappa shape index (κ2) is 4.69. The van der Waals surface area contributed by atoms with Gasteiger partial charge in [0.25, 0.3) is 0 Å². The Labute approximate surface area is 115 Å². The van der Waals surface area contributed by atoms with Gasteiger partial charge < -0.3 is 10.3 Å². The maximum Gasteiger partial charge on any atom is 0.324 e. The molecule has 0 atom stereocenters. The largest absolute Gasteiger partial charge is 0.345 e. The Morgan fingerprint density at radius 2 is 2.15 bits per heavy atom. The lowest BCUT2D eigenvalue weighted by atomic mass is 10.3. The van der Waals surface area contributed by atoms with Crippen molar-refractivity contribution in [2.45, 2.75) is 6.92 Å². The summed E-state index contributed by atoms with van der Waals surface area (Å²) in [6, 6.07) is 6.93. The van der Waals surface area contributed by atoms with Crippen molar-refractivity contribution >= 4 is 28.6 Å². The Hall–Kier alpha value is -2.83. The van der Waals surface area contributed by atoms with Crippen LogP contribution >= 0.6 is 0 Å². The van der Waals surface area contributed by atoms with E-state index >= 15 is 0 Å². The smallest absolute Gasteiger partial charge is 0.324 e. The highest BCUT2D eigenvalue weighted by Gasteiger charge is 2.07. The Morgan fingerprint density at radius 3 is 2.90 bits per heavy atom. The summed E-state index contributed by atoms with van der Waals surface area (Å²) in [5.41, 5.74) is 3.39. The molecule has 102 valence electrons. The number of rotatable bonds is 2. The molecule has 3 aromatic rings. The van der Waals surface area contributed by atoms with Gasteiger partial charge in [0.05, 0.1) is 17.4 Å². The molecule has 20 heavy (non-hydrogen) atoms. The van der Waals surface area contributed by atoms with Gasteiger partial charge in [-0.25, -0.2) is 9.78 Å². The maximum absolute atomic E-state index is 11.9. The van der Waals surface area contributed by atoms with Crippen molar-refractivity contribution in [2.24, 2.45) is 7.05 Å². The summed E-state index contributed by atoms with van der Waals surface area (Å²) in [7, 11) is 1.82. The minimum absolute atomic E-state index is 0.332. The zero-order chi connectivity index (χ0) is 14.1. The van der Waals surface area contributed by atoms with E-state index in [2.05, 4.69) is 25.7 Å². The average molecular weight is 270 g/mol. The maximum atomic E-state index is 11.9. The average Bonchev–Trinajstić information content (AvgIpc) is 2.96. The Bertz CT molecular complexity index is 753. The first-order chi connectivity index (χ1) is 9.61. The molecule has 2 aromatic heterocycles. The molecule has 2 heterocycles. The van der Waals surface area contributed by atoms with Crippen LogP contribution in [0.25, 0.3) is 11.0 Å². The second-order valence-corrected chi connectivity index (χ2v) is 4.51. The summed E-state index contributed by atoms with van der Waals surface area (Å²) in [6.07, 6.45) is 1.62. The van der Waals surface area contributed by atoms with E-state index in [9.17, 15) is 4.79 Å². The predicted molar refractivity (Wildman–Crippen MR) is 76.7 cm³/mol. The fraction of sp³-hybridized carbons (Fsp3) is 0.154. The van der Waals surface area contributed by atoms with Gasteiger partial charge in [0.1, 0.15) is 0 Å². The topological polar surface area (TPSA) is 87.6 Å². The number of anilines is 2. The highest BCUT2D eigenvalue weighted by molar-refractivity contribution is 6.00. The highest BCUT2D eigenvalue weighted by Crippen LogP contribution is 2.16. The lowest BCUT2D eigenvalue weighted by Crippen LogP contribution is -2.19. The molecule has 0 spiro atoms. The molecule has 7 heteroatoms. The summed E-state index contributed by atoms with van der Waals surface area (Å²) in [4.78, 5) is 19.0. The number of hydrogen-bond donors (Lipinski definition) is 3. The Morgan fingerprint density at radius 1 is 1.30 bits per heavy atom. The molecule has 0 saturated heterocycles. The number of amides is 2. The van der Waals surface area contributed by atoms with Crippen LogP contribution in [0.2, 0.25) is 0 Å². The molecule has 0 aliphatic heterocycles. The SMILES string of the molecule is Cc1cc(NC(=O)Nc2ccc3nc[nH]c3c2)nn1C. The van der Waals surface area contributed by atoms with E-state index in [-0.39, 0.29) is 6.03 Å². The van der Waals surface area contributed by atoms with Crippen molar-refractivity contribution < 1.29 is 4.79 Å². The molecule has 0 aliphatic rings. The van der Waals surface area contributed by atoms with Crippen LogP contribution in [0.15, 0.2) is 30.6 Å². The quantitative estimate of drug-likeness (QED) is 0.667. The first kappa shape index (κ1) is 12.2. The number of benzene rings is 1. The van der Waals surface area contributed by atoms with Crippen molar-refractivity contribution in [1.29, 1.82) is 0 Å². The number of aryl methyl sites for hydroxylation is 2. The molecule has 0 aliphatic carbocycles. The molecule has 7 nitrogen and oxygen atoms in total. The normalized spacial score (nSPS) is 10.7. The monoisotopic (exact) mass is 270 g/mol. The molecule has 3 N–H and O–H groups in total. The molecule has 1 aromatic carbocycles. The standard InChI is InChI=1S/C13H14N6O/c1-8-5-12(18-19(8)2)17-13(20)16-9-3-4-10-11(6-9)15-7-14-10/h3-7H,1-2H3,(H,14,15)(H2,16,17,18,20). The van der Waals surface area contributed by atoms with Crippen molar-refractivity contribution in [1.82, 2.24) is 19.7 Å². The summed E-state index contributed by atoms with van der Waals surface area (Å²) in [5.74, 6) is 0.519. The van der Waals surface area contributed by atoms with E-state index in [0.29, 0.717) is 11.5 Å². The molecule has 3 rings (SSSR count). The number of H-pyrrole nitrogens is 1. The van der Waals surface area contributed by atoms with Gasteiger partial charge in [-0.2, -0.15) is 5.10 Å². The number of carbonyl (C=O) groups is 1. The zero-order valence-electron chi connectivity index (χ0n) is 11.1. The van der Waals surface area contributed by atoms with E-state index in [4.69, 9.17) is 0 Å². The van der Waals surface area contributed by atoms with Gasteiger partial charge in [0.2, 0.25) is 0 Å². The molecular weight excluding hydrogens is 256 g/mol. The molecule has 0 saturated carbocycles. The van der Waals surface area contributed by atoms with Crippen LogP contribution in [-0.4, -0.2) is 25.8 Å². The van der Waals surface area contributed by atoms with Gasteiger partial charge in [-0.1, -0.05) is 0 Å². The van der Waals surface area contributed by atoms with E-state index in [1.807, 2.05) is 26.1 Å². The lowest BCUT2D eigenvalue weighted by molar-refractivity contribution is 0.262. The zero-order valence-corrected chi connectivity index (χ0v) is 11.1. The number of fused-ring (bicyclic) bond motifs is 1.